The maximum atomic E-state index is 3.20. The molecule has 2 aromatic carbocycles. The molecule has 62 valence electrons. The highest BCUT2D eigenvalue weighted by molar-refractivity contribution is 5.95. The molecule has 0 amide bonds. The Morgan fingerprint density at radius 1 is 1.00 bits per heavy atom. The molecule has 1 N–H and O–H groups in total. The Labute approximate surface area is 76.7 Å². The third-order valence-corrected chi connectivity index (χ3v) is 2.41. The SMILES string of the molecule is C1=Cc2cc(cc3ccccc23)N1. The third-order valence-electron chi connectivity index (χ3n) is 2.41. The number of hydrogen-bond acceptors (Lipinski definition) is 1. The van der Waals surface area contributed by atoms with E-state index in [1.165, 1.54) is 22.0 Å². The highest BCUT2D eigenvalue weighted by Gasteiger charge is 2.03. The van der Waals surface area contributed by atoms with Crippen LogP contribution in [-0.2, 0) is 0 Å². The second kappa shape index (κ2) is 2.36. The summed E-state index contributed by atoms with van der Waals surface area (Å²) in [5.41, 5.74) is 2.48. The molecule has 1 heterocycles. The van der Waals surface area contributed by atoms with Crippen molar-refractivity contribution in [3.63, 3.8) is 0 Å². The van der Waals surface area contributed by atoms with Gasteiger partial charge in [0, 0.05) is 11.9 Å². The second-order valence-electron chi connectivity index (χ2n) is 3.26. The predicted octanol–water partition coefficient (Wildman–Crippen LogP) is 3.24. The summed E-state index contributed by atoms with van der Waals surface area (Å²) < 4.78 is 0. The van der Waals surface area contributed by atoms with Gasteiger partial charge in [-0.1, -0.05) is 24.3 Å². The minimum absolute atomic E-state index is 1.18. The first kappa shape index (κ1) is 6.72. The van der Waals surface area contributed by atoms with Crippen LogP contribution in [0, 0.1) is 0 Å². The minimum atomic E-state index is 1.18. The molecule has 0 saturated carbocycles. The zero-order valence-electron chi connectivity index (χ0n) is 7.12. The normalized spacial score (nSPS) is 12.9. The third kappa shape index (κ3) is 0.937. The van der Waals surface area contributed by atoms with E-state index >= 15 is 0 Å². The zero-order chi connectivity index (χ0) is 8.67. The average Bonchev–Trinajstić information content (AvgIpc) is 2.18. The molecule has 2 bridgehead atoms. The number of nitrogens with one attached hydrogen (secondary N) is 1. The van der Waals surface area contributed by atoms with Crippen LogP contribution in [0.4, 0.5) is 5.69 Å². The van der Waals surface area contributed by atoms with E-state index in [9.17, 15) is 0 Å². The summed E-state index contributed by atoms with van der Waals surface area (Å²) in [7, 11) is 0. The van der Waals surface area contributed by atoms with Crippen molar-refractivity contribution in [3.8, 4) is 0 Å². The smallest absolute Gasteiger partial charge is 0.0392 e. The van der Waals surface area contributed by atoms with Gasteiger partial charge >= 0.3 is 0 Å². The van der Waals surface area contributed by atoms with Gasteiger partial charge in [0.25, 0.3) is 0 Å². The Morgan fingerprint density at radius 2 is 1.92 bits per heavy atom. The molecule has 0 aromatic heterocycles. The van der Waals surface area contributed by atoms with Crippen molar-refractivity contribution < 1.29 is 0 Å². The molecular formula is C12H9N. The second-order valence-corrected chi connectivity index (χ2v) is 3.26. The van der Waals surface area contributed by atoms with E-state index in [2.05, 4.69) is 47.8 Å². The molecule has 1 nitrogen and oxygen atoms in total. The fraction of sp³-hybridized carbons (Fsp3) is 0. The highest BCUT2D eigenvalue weighted by Crippen LogP contribution is 2.27. The van der Waals surface area contributed by atoms with Gasteiger partial charge in [-0.15, -0.1) is 0 Å². The summed E-state index contributed by atoms with van der Waals surface area (Å²) >= 11 is 0. The summed E-state index contributed by atoms with van der Waals surface area (Å²) in [4.78, 5) is 0. The van der Waals surface area contributed by atoms with Crippen molar-refractivity contribution in [2.75, 3.05) is 5.32 Å². The monoisotopic (exact) mass is 167 g/mol. The number of fused-ring (bicyclic) bond motifs is 4. The Balaban J connectivity index is 2.50. The lowest BCUT2D eigenvalue weighted by molar-refractivity contribution is 1.57. The van der Waals surface area contributed by atoms with E-state index in [0.717, 1.165) is 0 Å². The standard InChI is InChI=1S/C12H9N/c1-2-4-12-9(3-1)7-11-8-10(12)5-6-13-11/h1-8,13H. The maximum absolute atomic E-state index is 3.20. The van der Waals surface area contributed by atoms with Crippen LogP contribution in [0.15, 0.2) is 42.6 Å². The Bertz CT molecular complexity index is 497. The van der Waals surface area contributed by atoms with Gasteiger partial charge in [-0.25, -0.2) is 0 Å². The Kier molecular flexibility index (Phi) is 1.22. The molecule has 0 fully saturated rings. The molecule has 0 saturated heterocycles. The van der Waals surface area contributed by atoms with Gasteiger partial charge in [0.15, 0.2) is 0 Å². The van der Waals surface area contributed by atoms with E-state index in [1.54, 1.807) is 0 Å². The summed E-state index contributed by atoms with van der Waals surface area (Å²) in [6.45, 7) is 0. The van der Waals surface area contributed by atoms with Gasteiger partial charge < -0.3 is 5.32 Å². The quantitative estimate of drug-likeness (QED) is 0.635. The van der Waals surface area contributed by atoms with Crippen LogP contribution in [0.1, 0.15) is 5.56 Å². The largest absolute Gasteiger partial charge is 0.362 e. The number of hydrogen-bond donors (Lipinski definition) is 1. The number of benzene rings is 2. The Hall–Kier alpha value is -1.76. The van der Waals surface area contributed by atoms with Crippen molar-refractivity contribution in [3.05, 3.63) is 48.2 Å². The Morgan fingerprint density at radius 3 is 2.92 bits per heavy atom. The van der Waals surface area contributed by atoms with Crippen LogP contribution in [0.2, 0.25) is 0 Å². The molecule has 0 atom stereocenters. The molecule has 1 aliphatic rings. The van der Waals surface area contributed by atoms with E-state index in [1.807, 2.05) is 6.20 Å². The number of rotatable bonds is 0. The van der Waals surface area contributed by atoms with Gasteiger partial charge in [-0.3, -0.25) is 0 Å². The summed E-state index contributed by atoms with van der Waals surface area (Å²) in [5.74, 6) is 0. The lowest BCUT2D eigenvalue weighted by Gasteiger charge is -2.11. The highest BCUT2D eigenvalue weighted by atomic mass is 14.8. The van der Waals surface area contributed by atoms with Crippen LogP contribution < -0.4 is 5.32 Å². The van der Waals surface area contributed by atoms with Crippen molar-refractivity contribution in [2.45, 2.75) is 0 Å². The fourth-order valence-electron chi connectivity index (χ4n) is 1.79. The van der Waals surface area contributed by atoms with Crippen LogP contribution in [0.5, 0.6) is 0 Å². The molecule has 0 radical (unpaired) electrons. The van der Waals surface area contributed by atoms with Crippen molar-refractivity contribution in [1.29, 1.82) is 0 Å². The van der Waals surface area contributed by atoms with Crippen molar-refractivity contribution in [1.82, 2.24) is 0 Å². The summed E-state index contributed by atoms with van der Waals surface area (Å²) in [5, 5.41) is 5.82. The molecule has 2 aromatic rings. The molecular weight excluding hydrogens is 158 g/mol. The fourth-order valence-corrected chi connectivity index (χ4v) is 1.79. The van der Waals surface area contributed by atoms with Gasteiger partial charge in [0.05, 0.1) is 0 Å². The lowest BCUT2D eigenvalue weighted by Crippen LogP contribution is -1.93. The van der Waals surface area contributed by atoms with E-state index in [-0.39, 0.29) is 0 Å². The molecule has 0 spiro atoms. The van der Waals surface area contributed by atoms with Gasteiger partial charge in [0.2, 0.25) is 0 Å². The summed E-state index contributed by atoms with van der Waals surface area (Å²) in [6.07, 6.45) is 4.09. The van der Waals surface area contributed by atoms with Gasteiger partial charge in [0.1, 0.15) is 0 Å². The zero-order valence-corrected chi connectivity index (χ0v) is 7.12. The number of anilines is 1. The predicted molar refractivity (Wildman–Crippen MR) is 56.6 cm³/mol. The molecule has 0 aliphatic carbocycles. The average molecular weight is 167 g/mol. The molecule has 13 heavy (non-hydrogen) atoms. The maximum Gasteiger partial charge on any atom is 0.0392 e. The minimum Gasteiger partial charge on any atom is -0.362 e. The molecule has 0 unspecified atom stereocenters. The molecule has 1 heteroatoms. The summed E-state index contributed by atoms with van der Waals surface area (Å²) in [6, 6.07) is 12.8. The molecule has 3 rings (SSSR count). The van der Waals surface area contributed by atoms with Crippen molar-refractivity contribution in [2.24, 2.45) is 0 Å². The van der Waals surface area contributed by atoms with Crippen LogP contribution in [-0.4, -0.2) is 0 Å². The van der Waals surface area contributed by atoms with Gasteiger partial charge in [-0.2, -0.15) is 0 Å². The van der Waals surface area contributed by atoms with E-state index in [0.29, 0.717) is 0 Å². The molecule has 1 aliphatic heterocycles. The van der Waals surface area contributed by atoms with Crippen molar-refractivity contribution >= 4 is 22.5 Å². The lowest BCUT2D eigenvalue weighted by atomic mass is 10.0. The van der Waals surface area contributed by atoms with E-state index in [4.69, 9.17) is 0 Å². The first-order valence-electron chi connectivity index (χ1n) is 4.39. The first-order chi connectivity index (χ1) is 6.43. The van der Waals surface area contributed by atoms with Crippen LogP contribution in [0.3, 0.4) is 0 Å². The van der Waals surface area contributed by atoms with Crippen LogP contribution in [0.25, 0.3) is 16.8 Å². The first-order valence-corrected chi connectivity index (χ1v) is 4.39. The van der Waals surface area contributed by atoms with Gasteiger partial charge in [-0.05, 0) is 34.5 Å². The van der Waals surface area contributed by atoms with E-state index < -0.39 is 0 Å². The van der Waals surface area contributed by atoms with Crippen LogP contribution >= 0.6 is 0 Å². The topological polar surface area (TPSA) is 12.0 Å².